The topological polar surface area (TPSA) is 85.8 Å². The van der Waals surface area contributed by atoms with Gasteiger partial charge < -0.3 is 15.4 Å². The van der Waals surface area contributed by atoms with Crippen LogP contribution in [0.15, 0.2) is 18.5 Å². The summed E-state index contributed by atoms with van der Waals surface area (Å²) < 4.78 is 7.22. The zero-order chi connectivity index (χ0) is 17.9. The summed E-state index contributed by atoms with van der Waals surface area (Å²) in [5, 5.41) is 4.30. The van der Waals surface area contributed by atoms with Crippen molar-refractivity contribution >= 4 is 17.4 Å². The molecule has 1 amide bonds. The maximum absolute atomic E-state index is 12.1. The minimum absolute atomic E-state index is 0.270. The van der Waals surface area contributed by atoms with Crippen LogP contribution in [0.2, 0.25) is 0 Å². The second-order valence-corrected chi connectivity index (χ2v) is 7.00. The van der Waals surface area contributed by atoms with Crippen LogP contribution in [0.1, 0.15) is 52.1 Å². The van der Waals surface area contributed by atoms with Crippen molar-refractivity contribution in [1.82, 2.24) is 19.5 Å². The Morgan fingerprint density at radius 3 is 2.75 bits per heavy atom. The van der Waals surface area contributed by atoms with E-state index < -0.39 is 5.60 Å². The van der Waals surface area contributed by atoms with Gasteiger partial charge in [0, 0.05) is 25.2 Å². The highest BCUT2D eigenvalue weighted by molar-refractivity contribution is 5.67. The number of carbonyl (C=O) groups excluding carboxylic acids is 1. The Morgan fingerprint density at radius 1 is 1.42 bits per heavy atom. The highest BCUT2D eigenvalue weighted by Crippen LogP contribution is 2.26. The van der Waals surface area contributed by atoms with Crippen LogP contribution < -0.4 is 5.73 Å². The number of nitrogen functional groups attached to an aromatic ring is 1. The molecule has 0 spiro atoms. The summed E-state index contributed by atoms with van der Waals surface area (Å²) in [4.78, 5) is 17.7. The maximum Gasteiger partial charge on any atom is 0.410 e. The molecule has 0 fully saturated rings. The van der Waals surface area contributed by atoms with E-state index in [1.54, 1.807) is 11.9 Å². The summed E-state index contributed by atoms with van der Waals surface area (Å²) in [6.45, 7) is 8.34. The summed E-state index contributed by atoms with van der Waals surface area (Å²) in [7, 11) is 1.76. The van der Waals surface area contributed by atoms with Crippen molar-refractivity contribution in [1.29, 1.82) is 0 Å². The van der Waals surface area contributed by atoms with Gasteiger partial charge in [0.25, 0.3) is 0 Å². The van der Waals surface area contributed by atoms with Gasteiger partial charge in [-0.25, -0.2) is 14.3 Å². The highest BCUT2D eigenvalue weighted by Gasteiger charge is 2.21. The number of ether oxygens (including phenoxy) is 1. The predicted molar refractivity (Wildman–Crippen MR) is 93.9 cm³/mol. The molecule has 1 atom stereocenters. The van der Waals surface area contributed by atoms with Crippen molar-refractivity contribution in [2.75, 3.05) is 19.3 Å². The number of aromatic nitrogens is 3. The summed E-state index contributed by atoms with van der Waals surface area (Å²) >= 11 is 0. The van der Waals surface area contributed by atoms with Gasteiger partial charge in [-0.05, 0) is 45.7 Å². The minimum Gasteiger partial charge on any atom is -0.444 e. The minimum atomic E-state index is -0.484. The molecule has 0 radical (unpaired) electrons. The van der Waals surface area contributed by atoms with Gasteiger partial charge in [0.15, 0.2) is 5.82 Å². The molecular weight excluding hydrogens is 306 g/mol. The molecule has 0 aliphatic heterocycles. The third-order valence-corrected chi connectivity index (χ3v) is 3.94. The molecule has 2 rings (SSSR count). The van der Waals surface area contributed by atoms with Crippen LogP contribution >= 0.6 is 0 Å². The number of carbonyl (C=O) groups is 1. The Bertz CT molecular complexity index is 705. The number of amides is 1. The Kier molecular flexibility index (Phi) is 5.31. The summed E-state index contributed by atoms with van der Waals surface area (Å²) in [6, 6.07) is 3.97. The van der Waals surface area contributed by atoms with Gasteiger partial charge in [-0.15, -0.1) is 0 Å². The lowest BCUT2D eigenvalue weighted by Crippen LogP contribution is -2.35. The fraction of sp³-hybridized carbons (Fsp3) is 0.588. The van der Waals surface area contributed by atoms with Gasteiger partial charge >= 0.3 is 6.09 Å². The first-order valence-electron chi connectivity index (χ1n) is 8.25. The smallest absolute Gasteiger partial charge is 0.410 e. The van der Waals surface area contributed by atoms with Crippen LogP contribution in [-0.2, 0) is 4.74 Å². The van der Waals surface area contributed by atoms with Gasteiger partial charge in [0.05, 0.1) is 0 Å². The van der Waals surface area contributed by atoms with E-state index in [0.29, 0.717) is 12.4 Å². The van der Waals surface area contributed by atoms with E-state index in [9.17, 15) is 4.79 Å². The SMILES string of the molecule is CCC(CCN(C)C(=O)OC(C)(C)C)c1ccc2c(N)ncnn12. The molecule has 1 unspecified atom stereocenters. The number of hydrogen-bond donors (Lipinski definition) is 1. The van der Waals surface area contributed by atoms with Crippen molar-refractivity contribution < 1.29 is 9.53 Å². The van der Waals surface area contributed by atoms with Crippen LogP contribution in [-0.4, -0.2) is 44.8 Å². The molecule has 2 heterocycles. The number of anilines is 1. The number of nitrogens with zero attached hydrogens (tertiary/aromatic N) is 4. The zero-order valence-corrected chi connectivity index (χ0v) is 15.1. The van der Waals surface area contributed by atoms with Crippen LogP contribution in [0, 0.1) is 0 Å². The van der Waals surface area contributed by atoms with E-state index in [-0.39, 0.29) is 12.0 Å². The van der Waals surface area contributed by atoms with Crippen molar-refractivity contribution in [2.24, 2.45) is 0 Å². The molecule has 0 bridgehead atoms. The Hall–Kier alpha value is -2.31. The van der Waals surface area contributed by atoms with Crippen LogP contribution in [0.25, 0.3) is 5.52 Å². The third kappa shape index (κ3) is 4.15. The molecule has 24 heavy (non-hydrogen) atoms. The molecule has 0 saturated carbocycles. The molecule has 2 aromatic rings. The largest absolute Gasteiger partial charge is 0.444 e. The molecule has 0 aliphatic carbocycles. The number of hydrogen-bond acceptors (Lipinski definition) is 5. The third-order valence-electron chi connectivity index (χ3n) is 3.94. The van der Waals surface area contributed by atoms with E-state index in [2.05, 4.69) is 17.0 Å². The summed E-state index contributed by atoms with van der Waals surface area (Å²) in [5.74, 6) is 0.740. The molecule has 132 valence electrons. The lowest BCUT2D eigenvalue weighted by molar-refractivity contribution is 0.0294. The average Bonchev–Trinajstić information content (AvgIpc) is 2.91. The molecule has 2 aromatic heterocycles. The first kappa shape index (κ1) is 18.0. The van der Waals surface area contributed by atoms with Crippen molar-refractivity contribution in [3.63, 3.8) is 0 Å². The second kappa shape index (κ2) is 7.07. The van der Waals surface area contributed by atoms with E-state index in [1.165, 1.54) is 6.33 Å². The fourth-order valence-electron chi connectivity index (χ4n) is 2.62. The van der Waals surface area contributed by atoms with Gasteiger partial charge in [-0.1, -0.05) is 6.92 Å². The Balaban J connectivity index is 2.07. The lowest BCUT2D eigenvalue weighted by atomic mass is 9.98. The predicted octanol–water partition coefficient (Wildman–Crippen LogP) is 3.06. The van der Waals surface area contributed by atoms with Crippen molar-refractivity contribution in [3.05, 3.63) is 24.2 Å². The standard InChI is InChI=1S/C17H27N5O2/c1-6-12(9-10-21(5)16(23)24-17(2,3)4)13-7-8-14-15(18)19-11-20-22(13)14/h7-8,11-12H,6,9-10H2,1-5H3,(H2,18,19,20). The molecule has 2 N–H and O–H groups in total. The number of nitrogens with two attached hydrogens (primary N) is 1. The van der Waals surface area contributed by atoms with E-state index in [0.717, 1.165) is 24.1 Å². The van der Waals surface area contributed by atoms with Crippen LogP contribution in [0.3, 0.4) is 0 Å². The summed E-state index contributed by atoms with van der Waals surface area (Å²) in [6.07, 6.45) is 2.93. The monoisotopic (exact) mass is 333 g/mol. The summed E-state index contributed by atoms with van der Waals surface area (Å²) in [5.41, 5.74) is 7.30. The molecule has 7 heteroatoms. The van der Waals surface area contributed by atoms with E-state index in [4.69, 9.17) is 10.5 Å². The first-order chi connectivity index (χ1) is 11.2. The second-order valence-electron chi connectivity index (χ2n) is 7.00. The number of rotatable bonds is 5. The van der Waals surface area contributed by atoms with Crippen LogP contribution in [0.5, 0.6) is 0 Å². The quantitative estimate of drug-likeness (QED) is 0.909. The molecule has 0 saturated heterocycles. The van der Waals surface area contributed by atoms with Crippen LogP contribution in [0.4, 0.5) is 10.6 Å². The molecule has 7 nitrogen and oxygen atoms in total. The first-order valence-corrected chi connectivity index (χ1v) is 8.25. The normalized spacial score (nSPS) is 13.0. The lowest BCUT2D eigenvalue weighted by Gasteiger charge is -2.25. The maximum atomic E-state index is 12.1. The van der Waals surface area contributed by atoms with E-state index in [1.807, 2.05) is 37.4 Å². The van der Waals surface area contributed by atoms with Gasteiger partial charge in [0.2, 0.25) is 0 Å². The van der Waals surface area contributed by atoms with Gasteiger partial charge in [0.1, 0.15) is 17.4 Å². The zero-order valence-electron chi connectivity index (χ0n) is 15.1. The molecular formula is C17H27N5O2. The average molecular weight is 333 g/mol. The highest BCUT2D eigenvalue weighted by atomic mass is 16.6. The van der Waals surface area contributed by atoms with Crippen molar-refractivity contribution in [2.45, 2.75) is 52.1 Å². The Labute approximate surface area is 142 Å². The van der Waals surface area contributed by atoms with Gasteiger partial charge in [-0.3, -0.25) is 0 Å². The Morgan fingerprint density at radius 2 is 2.12 bits per heavy atom. The molecule has 0 aliphatic rings. The van der Waals surface area contributed by atoms with E-state index >= 15 is 0 Å². The fourth-order valence-corrected chi connectivity index (χ4v) is 2.62. The van der Waals surface area contributed by atoms with Crippen molar-refractivity contribution in [3.8, 4) is 0 Å². The molecule has 0 aromatic carbocycles. The van der Waals surface area contributed by atoms with Gasteiger partial charge in [-0.2, -0.15) is 5.10 Å². The number of fused-ring (bicyclic) bond motifs is 1.